The van der Waals surface area contributed by atoms with Gasteiger partial charge in [0.2, 0.25) is 0 Å². The molecule has 0 saturated heterocycles. The summed E-state index contributed by atoms with van der Waals surface area (Å²) in [6, 6.07) is 0. The third-order valence-electron chi connectivity index (χ3n) is 3.41. The predicted octanol–water partition coefficient (Wildman–Crippen LogP) is 3.74. The summed E-state index contributed by atoms with van der Waals surface area (Å²) >= 11 is 0. The van der Waals surface area contributed by atoms with E-state index in [-0.39, 0.29) is 0 Å². The Morgan fingerprint density at radius 3 is 2.93 bits per heavy atom. The molecular weight excluding hydrogens is 172 g/mol. The SMILES string of the molecule is C=CCCC(=O)C1CCCC(CC)C1. The Morgan fingerprint density at radius 1 is 1.50 bits per heavy atom. The van der Waals surface area contributed by atoms with Crippen LogP contribution in [0.3, 0.4) is 0 Å². The predicted molar refractivity (Wildman–Crippen MR) is 60.2 cm³/mol. The van der Waals surface area contributed by atoms with Crippen molar-refractivity contribution in [2.75, 3.05) is 0 Å². The van der Waals surface area contributed by atoms with Crippen molar-refractivity contribution >= 4 is 5.78 Å². The van der Waals surface area contributed by atoms with Gasteiger partial charge < -0.3 is 0 Å². The minimum absolute atomic E-state index is 0.369. The topological polar surface area (TPSA) is 17.1 Å². The number of hydrogen-bond donors (Lipinski definition) is 0. The lowest BCUT2D eigenvalue weighted by Crippen LogP contribution is -2.22. The van der Waals surface area contributed by atoms with Crippen LogP contribution < -0.4 is 0 Å². The van der Waals surface area contributed by atoms with Crippen molar-refractivity contribution in [3.8, 4) is 0 Å². The Morgan fingerprint density at radius 2 is 2.29 bits per heavy atom. The lowest BCUT2D eigenvalue weighted by molar-refractivity contribution is -0.124. The highest BCUT2D eigenvalue weighted by atomic mass is 16.1. The Labute approximate surface area is 87.6 Å². The van der Waals surface area contributed by atoms with Crippen molar-refractivity contribution < 1.29 is 4.79 Å². The van der Waals surface area contributed by atoms with Crippen LogP contribution in [0.5, 0.6) is 0 Å². The van der Waals surface area contributed by atoms with Crippen molar-refractivity contribution in [1.29, 1.82) is 0 Å². The van der Waals surface area contributed by atoms with Gasteiger partial charge in [0.15, 0.2) is 0 Å². The summed E-state index contributed by atoms with van der Waals surface area (Å²) in [4.78, 5) is 11.8. The maximum atomic E-state index is 11.8. The zero-order valence-corrected chi connectivity index (χ0v) is 9.30. The molecule has 0 radical (unpaired) electrons. The van der Waals surface area contributed by atoms with E-state index in [2.05, 4.69) is 13.5 Å². The Hall–Kier alpha value is -0.590. The Balaban J connectivity index is 2.35. The van der Waals surface area contributed by atoms with Gasteiger partial charge in [0, 0.05) is 12.3 Å². The maximum absolute atomic E-state index is 11.8. The zero-order chi connectivity index (χ0) is 10.4. The quantitative estimate of drug-likeness (QED) is 0.609. The molecule has 0 aromatic rings. The molecular formula is C13H22O. The van der Waals surface area contributed by atoms with E-state index in [4.69, 9.17) is 0 Å². The first-order chi connectivity index (χ1) is 6.77. The largest absolute Gasteiger partial charge is 0.299 e. The molecule has 0 aliphatic heterocycles. The van der Waals surface area contributed by atoms with Crippen LogP contribution in [-0.4, -0.2) is 5.78 Å². The monoisotopic (exact) mass is 194 g/mol. The number of carbonyl (C=O) groups is 1. The molecule has 0 aromatic carbocycles. The van der Waals surface area contributed by atoms with E-state index in [0.29, 0.717) is 18.1 Å². The van der Waals surface area contributed by atoms with Crippen LogP contribution in [0.25, 0.3) is 0 Å². The van der Waals surface area contributed by atoms with Gasteiger partial charge in [0.1, 0.15) is 5.78 Å². The lowest BCUT2D eigenvalue weighted by atomic mass is 9.77. The first-order valence-corrected chi connectivity index (χ1v) is 5.91. The van der Waals surface area contributed by atoms with E-state index in [1.165, 1.54) is 19.3 Å². The molecule has 0 spiro atoms. The van der Waals surface area contributed by atoms with Crippen molar-refractivity contribution in [3.05, 3.63) is 12.7 Å². The Bertz CT molecular complexity index is 195. The van der Waals surface area contributed by atoms with Gasteiger partial charge in [-0.05, 0) is 25.2 Å². The first kappa shape index (κ1) is 11.5. The maximum Gasteiger partial charge on any atom is 0.136 e. The van der Waals surface area contributed by atoms with Gasteiger partial charge in [-0.25, -0.2) is 0 Å². The summed E-state index contributed by atoms with van der Waals surface area (Å²) in [5.41, 5.74) is 0. The van der Waals surface area contributed by atoms with Crippen LogP contribution in [-0.2, 0) is 4.79 Å². The summed E-state index contributed by atoms with van der Waals surface area (Å²) in [5.74, 6) is 1.65. The van der Waals surface area contributed by atoms with Gasteiger partial charge >= 0.3 is 0 Å². The number of carbonyl (C=O) groups excluding carboxylic acids is 1. The highest BCUT2D eigenvalue weighted by molar-refractivity contribution is 5.81. The van der Waals surface area contributed by atoms with E-state index in [0.717, 1.165) is 25.2 Å². The molecule has 0 bridgehead atoms. The Kier molecular flexibility index (Phi) is 4.92. The van der Waals surface area contributed by atoms with Gasteiger partial charge in [-0.1, -0.05) is 32.3 Å². The van der Waals surface area contributed by atoms with Gasteiger partial charge in [-0.15, -0.1) is 6.58 Å². The lowest BCUT2D eigenvalue weighted by Gasteiger charge is -2.27. The summed E-state index contributed by atoms with van der Waals surface area (Å²) in [6.45, 7) is 5.89. The molecule has 14 heavy (non-hydrogen) atoms. The molecule has 1 heteroatoms. The highest BCUT2D eigenvalue weighted by Crippen LogP contribution is 2.32. The van der Waals surface area contributed by atoms with Gasteiger partial charge in [0.25, 0.3) is 0 Å². The summed E-state index contributed by atoms with van der Waals surface area (Å²) in [5, 5.41) is 0. The third kappa shape index (κ3) is 3.28. The number of Topliss-reactive ketones (excluding diaryl/α,β-unsaturated/α-hetero) is 1. The van der Waals surface area contributed by atoms with Crippen LogP contribution in [0.1, 0.15) is 51.9 Å². The fourth-order valence-electron chi connectivity index (χ4n) is 2.40. The molecule has 1 fully saturated rings. The van der Waals surface area contributed by atoms with Crippen molar-refractivity contribution in [2.45, 2.75) is 51.9 Å². The van der Waals surface area contributed by atoms with Crippen LogP contribution in [0.15, 0.2) is 12.7 Å². The highest BCUT2D eigenvalue weighted by Gasteiger charge is 2.25. The molecule has 0 N–H and O–H groups in total. The second-order valence-electron chi connectivity index (χ2n) is 4.43. The van der Waals surface area contributed by atoms with Gasteiger partial charge in [0.05, 0.1) is 0 Å². The van der Waals surface area contributed by atoms with E-state index in [1.807, 2.05) is 6.08 Å². The molecule has 1 aliphatic carbocycles. The molecule has 0 aromatic heterocycles. The molecule has 0 amide bonds. The molecule has 1 saturated carbocycles. The average molecular weight is 194 g/mol. The summed E-state index contributed by atoms with van der Waals surface area (Å²) in [6.07, 6.45) is 9.52. The summed E-state index contributed by atoms with van der Waals surface area (Å²) in [7, 11) is 0. The molecule has 1 aliphatic rings. The van der Waals surface area contributed by atoms with Crippen molar-refractivity contribution in [3.63, 3.8) is 0 Å². The van der Waals surface area contributed by atoms with Crippen LogP contribution in [0, 0.1) is 11.8 Å². The smallest absolute Gasteiger partial charge is 0.136 e. The number of hydrogen-bond acceptors (Lipinski definition) is 1. The third-order valence-corrected chi connectivity index (χ3v) is 3.41. The van der Waals surface area contributed by atoms with E-state index in [1.54, 1.807) is 0 Å². The molecule has 2 unspecified atom stereocenters. The van der Waals surface area contributed by atoms with Gasteiger partial charge in [-0.3, -0.25) is 4.79 Å². The number of ketones is 1. The second-order valence-corrected chi connectivity index (χ2v) is 4.43. The van der Waals surface area contributed by atoms with Crippen molar-refractivity contribution in [2.24, 2.45) is 11.8 Å². The first-order valence-electron chi connectivity index (χ1n) is 5.91. The fourth-order valence-corrected chi connectivity index (χ4v) is 2.40. The molecule has 1 nitrogen and oxygen atoms in total. The molecule has 0 heterocycles. The molecule has 80 valence electrons. The summed E-state index contributed by atoms with van der Waals surface area (Å²) < 4.78 is 0. The fraction of sp³-hybridized carbons (Fsp3) is 0.769. The standard InChI is InChI=1S/C13H22O/c1-3-5-9-13(14)12-8-6-7-11(4-2)10-12/h3,11-12H,1,4-10H2,2H3. The van der Waals surface area contributed by atoms with E-state index >= 15 is 0 Å². The minimum Gasteiger partial charge on any atom is -0.299 e. The number of rotatable bonds is 5. The van der Waals surface area contributed by atoms with Crippen LogP contribution in [0.2, 0.25) is 0 Å². The normalized spacial score (nSPS) is 27.2. The van der Waals surface area contributed by atoms with Crippen LogP contribution in [0.4, 0.5) is 0 Å². The van der Waals surface area contributed by atoms with Crippen LogP contribution >= 0.6 is 0 Å². The number of allylic oxidation sites excluding steroid dienone is 1. The van der Waals surface area contributed by atoms with Gasteiger partial charge in [-0.2, -0.15) is 0 Å². The molecule has 1 rings (SSSR count). The second kappa shape index (κ2) is 6.00. The van der Waals surface area contributed by atoms with E-state index < -0.39 is 0 Å². The molecule has 2 atom stereocenters. The minimum atomic E-state index is 0.369. The van der Waals surface area contributed by atoms with E-state index in [9.17, 15) is 4.79 Å². The zero-order valence-electron chi connectivity index (χ0n) is 9.30. The van der Waals surface area contributed by atoms with Crippen molar-refractivity contribution in [1.82, 2.24) is 0 Å². The average Bonchev–Trinajstić information content (AvgIpc) is 2.26.